The molecule has 0 spiro atoms. The molecule has 1 heterocycles. The van der Waals surface area contributed by atoms with Crippen LogP contribution in [-0.4, -0.2) is 0 Å². The van der Waals surface area contributed by atoms with E-state index in [1.807, 2.05) is 13.0 Å². The van der Waals surface area contributed by atoms with E-state index in [4.69, 9.17) is 0 Å². The monoisotopic (exact) mass is 186 g/mol. The molecule has 0 unspecified atom stereocenters. The Morgan fingerprint density at radius 2 is 1.86 bits per heavy atom. The minimum absolute atomic E-state index is 0.914. The van der Waals surface area contributed by atoms with E-state index in [2.05, 4.69) is 42.3 Å². The summed E-state index contributed by atoms with van der Waals surface area (Å²) in [5, 5.41) is 6.58. The molecule has 0 saturated carbocycles. The smallest absolute Gasteiger partial charge is 0.0623 e. The largest absolute Gasteiger partial charge is 0.357 e. The molecule has 14 heavy (non-hydrogen) atoms. The van der Waals surface area contributed by atoms with Crippen molar-refractivity contribution < 1.29 is 0 Å². The first-order chi connectivity index (χ1) is 6.65. The van der Waals surface area contributed by atoms with Crippen molar-refractivity contribution in [2.45, 2.75) is 13.8 Å². The highest BCUT2D eigenvalue weighted by molar-refractivity contribution is 5.75. The van der Waals surface area contributed by atoms with Crippen molar-refractivity contribution in [1.29, 1.82) is 0 Å². The van der Waals surface area contributed by atoms with Crippen LogP contribution < -0.4 is 10.6 Å². The lowest BCUT2D eigenvalue weighted by atomic mass is 10.2. The molecule has 0 radical (unpaired) electrons. The summed E-state index contributed by atoms with van der Waals surface area (Å²) < 4.78 is 0. The molecular weight excluding hydrogens is 172 g/mol. The molecule has 0 atom stereocenters. The molecule has 1 aliphatic rings. The molecule has 1 aliphatic heterocycles. The van der Waals surface area contributed by atoms with Crippen LogP contribution in [0, 0.1) is 6.92 Å². The van der Waals surface area contributed by atoms with Crippen molar-refractivity contribution in [2.75, 3.05) is 10.6 Å². The SMILES string of the molecule is C=C1C=C(C)Nc2cc(C)ccc2N1. The van der Waals surface area contributed by atoms with E-state index in [1.54, 1.807) is 0 Å². The molecule has 0 aliphatic carbocycles. The van der Waals surface area contributed by atoms with Crippen LogP contribution in [0.3, 0.4) is 0 Å². The van der Waals surface area contributed by atoms with Crippen molar-refractivity contribution in [3.8, 4) is 0 Å². The van der Waals surface area contributed by atoms with Crippen LogP contribution in [0.5, 0.6) is 0 Å². The topological polar surface area (TPSA) is 24.1 Å². The van der Waals surface area contributed by atoms with Crippen LogP contribution in [0.15, 0.2) is 42.2 Å². The van der Waals surface area contributed by atoms with Gasteiger partial charge in [0.15, 0.2) is 0 Å². The summed E-state index contributed by atoms with van der Waals surface area (Å²) in [6.07, 6.45) is 2.00. The van der Waals surface area contributed by atoms with Crippen LogP contribution in [-0.2, 0) is 0 Å². The van der Waals surface area contributed by atoms with Gasteiger partial charge in [-0.25, -0.2) is 0 Å². The van der Waals surface area contributed by atoms with Gasteiger partial charge in [0.2, 0.25) is 0 Å². The second-order valence-electron chi connectivity index (χ2n) is 3.65. The fourth-order valence-electron chi connectivity index (χ4n) is 1.59. The van der Waals surface area contributed by atoms with Gasteiger partial charge in [-0.3, -0.25) is 0 Å². The summed E-state index contributed by atoms with van der Waals surface area (Å²) in [6, 6.07) is 6.27. The van der Waals surface area contributed by atoms with Crippen molar-refractivity contribution in [2.24, 2.45) is 0 Å². The van der Waals surface area contributed by atoms with Gasteiger partial charge in [-0.2, -0.15) is 0 Å². The van der Waals surface area contributed by atoms with Crippen LogP contribution in [0.4, 0.5) is 11.4 Å². The van der Waals surface area contributed by atoms with Gasteiger partial charge >= 0.3 is 0 Å². The van der Waals surface area contributed by atoms with Gasteiger partial charge in [0.1, 0.15) is 0 Å². The van der Waals surface area contributed by atoms with Gasteiger partial charge in [0.05, 0.1) is 11.4 Å². The fourth-order valence-corrected chi connectivity index (χ4v) is 1.59. The van der Waals surface area contributed by atoms with Crippen molar-refractivity contribution >= 4 is 11.4 Å². The van der Waals surface area contributed by atoms with Crippen molar-refractivity contribution in [3.63, 3.8) is 0 Å². The van der Waals surface area contributed by atoms with E-state index >= 15 is 0 Å². The number of rotatable bonds is 0. The minimum Gasteiger partial charge on any atom is -0.357 e. The number of hydrogen-bond acceptors (Lipinski definition) is 2. The van der Waals surface area contributed by atoms with E-state index in [0.29, 0.717) is 0 Å². The highest BCUT2D eigenvalue weighted by Gasteiger charge is 2.07. The molecule has 0 fully saturated rings. The maximum Gasteiger partial charge on any atom is 0.0623 e. The zero-order chi connectivity index (χ0) is 10.1. The first-order valence-corrected chi connectivity index (χ1v) is 4.67. The predicted molar refractivity (Wildman–Crippen MR) is 61.3 cm³/mol. The summed E-state index contributed by atoms with van der Waals surface area (Å²) in [6.45, 7) is 8.03. The summed E-state index contributed by atoms with van der Waals surface area (Å²) in [4.78, 5) is 0. The summed E-state index contributed by atoms with van der Waals surface area (Å²) in [7, 11) is 0. The normalized spacial score (nSPS) is 14.7. The van der Waals surface area contributed by atoms with Gasteiger partial charge in [-0.1, -0.05) is 12.6 Å². The summed E-state index contributed by atoms with van der Waals surface area (Å²) in [5.74, 6) is 0. The first kappa shape index (κ1) is 8.88. The molecule has 2 nitrogen and oxygen atoms in total. The average molecular weight is 186 g/mol. The second-order valence-corrected chi connectivity index (χ2v) is 3.65. The van der Waals surface area contributed by atoms with E-state index < -0.39 is 0 Å². The number of allylic oxidation sites excluding steroid dienone is 2. The quantitative estimate of drug-likeness (QED) is 0.650. The van der Waals surface area contributed by atoms with Gasteiger partial charge in [0.25, 0.3) is 0 Å². The Hall–Kier alpha value is -1.70. The molecule has 0 aromatic heterocycles. The van der Waals surface area contributed by atoms with Crippen LogP contribution >= 0.6 is 0 Å². The lowest BCUT2D eigenvalue weighted by Crippen LogP contribution is -1.96. The Morgan fingerprint density at radius 1 is 1.07 bits per heavy atom. The summed E-state index contributed by atoms with van der Waals surface area (Å²) in [5.41, 5.74) is 5.45. The predicted octanol–water partition coefficient (Wildman–Crippen LogP) is 3.25. The van der Waals surface area contributed by atoms with E-state index in [1.165, 1.54) is 5.56 Å². The highest BCUT2D eigenvalue weighted by atomic mass is 15.0. The Kier molecular flexibility index (Phi) is 2.04. The number of nitrogens with one attached hydrogen (secondary N) is 2. The average Bonchev–Trinajstić information content (AvgIpc) is 2.21. The Bertz CT molecular complexity index is 416. The van der Waals surface area contributed by atoms with Gasteiger partial charge in [0, 0.05) is 11.4 Å². The number of anilines is 2. The molecule has 2 N–H and O–H groups in total. The van der Waals surface area contributed by atoms with E-state index in [0.717, 1.165) is 22.8 Å². The number of fused-ring (bicyclic) bond motifs is 1. The number of aryl methyl sites for hydroxylation is 1. The van der Waals surface area contributed by atoms with E-state index in [-0.39, 0.29) is 0 Å². The molecule has 1 aromatic rings. The zero-order valence-corrected chi connectivity index (χ0v) is 8.52. The molecule has 1 aromatic carbocycles. The number of hydrogen-bond donors (Lipinski definition) is 2. The Labute approximate surface area is 84.3 Å². The van der Waals surface area contributed by atoms with Gasteiger partial charge in [-0.05, 0) is 37.6 Å². The van der Waals surface area contributed by atoms with Crippen molar-refractivity contribution in [1.82, 2.24) is 0 Å². The zero-order valence-electron chi connectivity index (χ0n) is 8.52. The van der Waals surface area contributed by atoms with Gasteiger partial charge < -0.3 is 10.6 Å². The molecule has 0 amide bonds. The lowest BCUT2D eigenvalue weighted by Gasteiger charge is -2.10. The standard InChI is InChI=1S/C12H14N2/c1-8-4-5-11-12(6-8)14-10(3)7-9(2)13-11/h4-7,13-14H,2H2,1,3H3. The molecular formula is C12H14N2. The fraction of sp³-hybridized carbons (Fsp3) is 0.167. The maximum absolute atomic E-state index is 3.92. The molecule has 0 bridgehead atoms. The first-order valence-electron chi connectivity index (χ1n) is 4.67. The molecule has 72 valence electrons. The third-order valence-corrected chi connectivity index (χ3v) is 2.19. The minimum atomic E-state index is 0.914. The summed E-state index contributed by atoms with van der Waals surface area (Å²) >= 11 is 0. The maximum atomic E-state index is 3.92. The lowest BCUT2D eigenvalue weighted by molar-refractivity contribution is 1.37. The van der Waals surface area contributed by atoms with E-state index in [9.17, 15) is 0 Å². The van der Waals surface area contributed by atoms with Crippen molar-refractivity contribution in [3.05, 3.63) is 47.8 Å². The Balaban J connectivity index is 2.48. The Morgan fingerprint density at radius 3 is 2.64 bits per heavy atom. The highest BCUT2D eigenvalue weighted by Crippen LogP contribution is 2.28. The van der Waals surface area contributed by atoms with Crippen LogP contribution in [0.1, 0.15) is 12.5 Å². The molecule has 2 heteroatoms. The molecule has 0 saturated heterocycles. The third-order valence-electron chi connectivity index (χ3n) is 2.19. The van der Waals surface area contributed by atoms with Gasteiger partial charge in [-0.15, -0.1) is 0 Å². The second kappa shape index (κ2) is 3.22. The number of benzene rings is 1. The third kappa shape index (κ3) is 1.64. The van der Waals surface area contributed by atoms with Crippen LogP contribution in [0.2, 0.25) is 0 Å². The van der Waals surface area contributed by atoms with Crippen LogP contribution in [0.25, 0.3) is 0 Å². The molecule has 2 rings (SSSR count).